The van der Waals surface area contributed by atoms with Crippen LogP contribution in [0.25, 0.3) is 17.1 Å². The normalized spacial score (nSPS) is 16.2. The van der Waals surface area contributed by atoms with E-state index in [2.05, 4.69) is 16.9 Å². The number of ether oxygens (including phenoxy) is 2. The maximum atomic E-state index is 14.1. The van der Waals surface area contributed by atoms with E-state index in [9.17, 15) is 14.0 Å². The number of benzene rings is 2. The summed E-state index contributed by atoms with van der Waals surface area (Å²) >= 11 is 0. The Balaban J connectivity index is 1.61. The van der Waals surface area contributed by atoms with Gasteiger partial charge in [0.05, 0.1) is 32.6 Å². The van der Waals surface area contributed by atoms with Gasteiger partial charge in [-0.1, -0.05) is 32.9 Å². The molecule has 1 fully saturated rings. The first-order chi connectivity index (χ1) is 18.3. The van der Waals surface area contributed by atoms with Gasteiger partial charge in [-0.25, -0.2) is 9.18 Å². The minimum absolute atomic E-state index is 0.0412. The molecule has 0 N–H and O–H groups in total. The van der Waals surface area contributed by atoms with Crippen LogP contribution in [0.2, 0.25) is 0 Å². The number of morpholine rings is 1. The Bertz CT molecular complexity index is 1300. The summed E-state index contributed by atoms with van der Waals surface area (Å²) in [5.74, 6) is -0.0914. The van der Waals surface area contributed by atoms with Crippen molar-refractivity contribution in [1.29, 1.82) is 0 Å². The molecule has 0 radical (unpaired) electrons. The molecule has 2 aromatic carbocycles. The topological polar surface area (TPSA) is 78.6 Å². The van der Waals surface area contributed by atoms with E-state index in [1.807, 2.05) is 38.1 Å². The summed E-state index contributed by atoms with van der Waals surface area (Å²) in [5, 5.41) is 4.57. The van der Waals surface area contributed by atoms with Gasteiger partial charge < -0.3 is 9.47 Å². The van der Waals surface area contributed by atoms with Crippen molar-refractivity contribution in [1.82, 2.24) is 19.2 Å². The number of Topliss-reactive ketones (excluding diaryl/α,β-unsaturated/α-hetero) is 1. The van der Waals surface area contributed by atoms with E-state index >= 15 is 0 Å². The molecule has 0 aliphatic carbocycles. The number of hydrogen-bond donors (Lipinski definition) is 0. The molecule has 1 unspecified atom stereocenters. The highest BCUT2D eigenvalue weighted by molar-refractivity contribution is 5.79. The second kappa shape index (κ2) is 12.5. The number of halogens is 1. The quantitative estimate of drug-likeness (QED) is 0.376. The number of rotatable bonds is 11. The van der Waals surface area contributed by atoms with Gasteiger partial charge in [0.25, 0.3) is 0 Å². The van der Waals surface area contributed by atoms with Gasteiger partial charge in [0.2, 0.25) is 0 Å². The molecule has 3 aromatic rings. The van der Waals surface area contributed by atoms with Crippen LogP contribution in [0.3, 0.4) is 0 Å². The number of hydrogen-bond acceptors (Lipinski definition) is 6. The van der Waals surface area contributed by atoms with Crippen molar-refractivity contribution in [2.45, 2.75) is 52.6 Å². The molecule has 1 saturated heterocycles. The number of aromatic nitrogens is 3. The van der Waals surface area contributed by atoms with Crippen LogP contribution in [-0.2, 0) is 22.5 Å². The zero-order chi connectivity index (χ0) is 27.2. The molecule has 0 amide bonds. The second-order valence-corrected chi connectivity index (χ2v) is 10.2. The van der Waals surface area contributed by atoms with Crippen LogP contribution in [0, 0.1) is 11.7 Å². The summed E-state index contributed by atoms with van der Waals surface area (Å²) < 4.78 is 27.5. The molecule has 0 bridgehead atoms. The lowest BCUT2D eigenvalue weighted by atomic mass is 10.1. The van der Waals surface area contributed by atoms with Gasteiger partial charge in [0.15, 0.2) is 23.2 Å². The zero-order valence-corrected chi connectivity index (χ0v) is 22.7. The molecule has 1 aromatic heterocycles. The third-order valence-corrected chi connectivity index (χ3v) is 6.93. The van der Waals surface area contributed by atoms with E-state index in [-0.39, 0.29) is 29.8 Å². The Kier molecular flexibility index (Phi) is 9.12. The number of carbonyl (C=O) groups excluding carboxylic acids is 1. The van der Waals surface area contributed by atoms with Gasteiger partial charge in [-0.2, -0.15) is 4.68 Å². The van der Waals surface area contributed by atoms with Gasteiger partial charge in [-0.15, -0.1) is 5.10 Å². The summed E-state index contributed by atoms with van der Waals surface area (Å²) in [6, 6.07) is 12.5. The molecule has 1 atom stereocenters. The first-order valence-corrected chi connectivity index (χ1v) is 13.3. The fourth-order valence-corrected chi connectivity index (χ4v) is 4.85. The highest BCUT2D eigenvalue weighted by atomic mass is 19.1. The van der Waals surface area contributed by atoms with Gasteiger partial charge in [-0.05, 0) is 54.7 Å². The summed E-state index contributed by atoms with van der Waals surface area (Å²) in [6.07, 6.45) is 2.30. The Morgan fingerprint density at radius 2 is 1.97 bits per heavy atom. The number of nitrogens with zero attached hydrogens (tertiary/aromatic N) is 4. The van der Waals surface area contributed by atoms with Crippen molar-refractivity contribution in [3.8, 4) is 22.8 Å². The molecular formula is C29H37FN4O4. The van der Waals surface area contributed by atoms with Crippen LogP contribution < -0.4 is 10.4 Å². The summed E-state index contributed by atoms with van der Waals surface area (Å²) in [4.78, 5) is 28.6. The fraction of sp³-hybridized carbons (Fsp3) is 0.483. The summed E-state index contributed by atoms with van der Waals surface area (Å²) in [7, 11) is 1.38. The minimum atomic E-state index is -0.515. The zero-order valence-electron chi connectivity index (χ0n) is 22.7. The molecule has 204 valence electrons. The lowest BCUT2D eigenvalue weighted by Crippen LogP contribution is -2.45. The highest BCUT2D eigenvalue weighted by Gasteiger charge is 2.22. The van der Waals surface area contributed by atoms with Crippen LogP contribution >= 0.6 is 0 Å². The number of methoxy groups -OCH3 is 1. The van der Waals surface area contributed by atoms with Gasteiger partial charge in [0.1, 0.15) is 0 Å². The second-order valence-electron chi connectivity index (χ2n) is 10.2. The van der Waals surface area contributed by atoms with Crippen molar-refractivity contribution in [3.05, 3.63) is 64.3 Å². The Morgan fingerprint density at radius 3 is 2.66 bits per heavy atom. The average Bonchev–Trinajstić information content (AvgIpc) is 3.23. The van der Waals surface area contributed by atoms with Gasteiger partial charge in [0, 0.05) is 31.1 Å². The van der Waals surface area contributed by atoms with E-state index < -0.39 is 11.5 Å². The van der Waals surface area contributed by atoms with Gasteiger partial charge >= 0.3 is 5.69 Å². The maximum absolute atomic E-state index is 14.1. The first-order valence-electron chi connectivity index (χ1n) is 13.3. The first kappa shape index (κ1) is 27.7. The molecule has 9 heteroatoms. The Labute approximate surface area is 223 Å². The molecule has 0 saturated carbocycles. The Hall–Kier alpha value is -3.30. The van der Waals surface area contributed by atoms with Crippen molar-refractivity contribution in [3.63, 3.8) is 0 Å². The third-order valence-electron chi connectivity index (χ3n) is 6.93. The smallest absolute Gasteiger partial charge is 0.351 e. The molecule has 4 rings (SSSR count). The van der Waals surface area contributed by atoms with E-state index in [0.29, 0.717) is 23.7 Å². The largest absolute Gasteiger partial charge is 0.494 e. The van der Waals surface area contributed by atoms with Crippen LogP contribution in [0.1, 0.15) is 39.2 Å². The van der Waals surface area contributed by atoms with Crippen LogP contribution in [0.4, 0.5) is 4.39 Å². The predicted octanol–water partition coefficient (Wildman–Crippen LogP) is 4.12. The van der Waals surface area contributed by atoms with Crippen LogP contribution in [-0.4, -0.2) is 64.5 Å². The molecule has 8 nitrogen and oxygen atoms in total. The lowest BCUT2D eigenvalue weighted by Gasteiger charge is -2.35. The molecule has 1 aliphatic heterocycles. The maximum Gasteiger partial charge on any atom is 0.351 e. The highest BCUT2D eigenvalue weighted by Crippen LogP contribution is 2.25. The molecule has 38 heavy (non-hydrogen) atoms. The Morgan fingerprint density at radius 1 is 1.21 bits per heavy atom. The van der Waals surface area contributed by atoms with E-state index in [0.717, 1.165) is 44.7 Å². The third kappa shape index (κ3) is 6.39. The monoisotopic (exact) mass is 524 g/mol. The van der Waals surface area contributed by atoms with Crippen molar-refractivity contribution >= 4 is 5.78 Å². The lowest BCUT2D eigenvalue weighted by molar-refractivity contribution is -0.120. The van der Waals surface area contributed by atoms with Gasteiger partial charge in [-0.3, -0.25) is 14.3 Å². The van der Waals surface area contributed by atoms with Crippen LogP contribution in [0.5, 0.6) is 5.75 Å². The average molecular weight is 525 g/mol. The molecular weight excluding hydrogens is 487 g/mol. The van der Waals surface area contributed by atoms with E-state index in [4.69, 9.17) is 9.47 Å². The number of carbonyl (C=O) groups is 1. The standard InChI is InChI=1S/C29H37FN4O4/c1-5-23-19-38-15-14-32(23)13-12-21-6-9-24(10-7-21)34-29(36)33(18-25(35)16-20(2)3)28(31-34)22-8-11-26(30)27(17-22)37-4/h6-11,17,20,23H,5,12-16,18-19H2,1-4H3. The van der Waals surface area contributed by atoms with Crippen molar-refractivity contribution in [2.75, 3.05) is 33.4 Å². The SMILES string of the molecule is CCC1COCCN1CCc1ccc(-n2nc(-c3ccc(F)c(OC)c3)n(CC(=O)CC(C)C)c2=O)cc1. The number of ketones is 1. The summed E-state index contributed by atoms with van der Waals surface area (Å²) in [6.45, 7) is 9.43. The van der Waals surface area contributed by atoms with Crippen molar-refractivity contribution in [2.24, 2.45) is 5.92 Å². The van der Waals surface area contributed by atoms with Crippen LogP contribution in [0.15, 0.2) is 47.3 Å². The molecule has 1 aliphatic rings. The minimum Gasteiger partial charge on any atom is -0.494 e. The molecule has 0 spiro atoms. The van der Waals surface area contributed by atoms with Crippen molar-refractivity contribution < 1.29 is 18.7 Å². The molecule has 2 heterocycles. The fourth-order valence-electron chi connectivity index (χ4n) is 4.85. The summed E-state index contributed by atoms with van der Waals surface area (Å²) in [5.41, 5.74) is 1.83. The van der Waals surface area contributed by atoms with E-state index in [1.165, 1.54) is 34.6 Å². The predicted molar refractivity (Wildman–Crippen MR) is 144 cm³/mol. The van der Waals surface area contributed by atoms with E-state index in [1.54, 1.807) is 0 Å².